The number of aryl methyl sites for hydroxylation is 2. The molecule has 0 radical (unpaired) electrons. The van der Waals surface area contributed by atoms with Crippen molar-refractivity contribution in [1.82, 2.24) is 14.4 Å². The zero-order valence-electron chi connectivity index (χ0n) is 16.6. The van der Waals surface area contributed by atoms with Crippen molar-refractivity contribution in [3.8, 4) is 0 Å². The zero-order valence-corrected chi connectivity index (χ0v) is 17.4. The number of rotatable bonds is 8. The Balaban J connectivity index is 1.43. The first-order valence-electron chi connectivity index (χ1n) is 10.1. The number of benzene rings is 2. The predicted molar refractivity (Wildman–Crippen MR) is 112 cm³/mol. The number of hydrogen-bond donors (Lipinski definition) is 1. The molecule has 4 rings (SSSR count). The Hall–Kier alpha value is -2.55. The highest BCUT2D eigenvalue weighted by Crippen LogP contribution is 2.34. The molecule has 0 amide bonds. The molecule has 0 unspecified atom stereocenters. The Kier molecular flexibility index (Phi) is 6.26. The fourth-order valence-corrected chi connectivity index (χ4v) is 5.53. The van der Waals surface area contributed by atoms with E-state index >= 15 is 0 Å². The summed E-state index contributed by atoms with van der Waals surface area (Å²) < 4.78 is 32.7. The highest BCUT2D eigenvalue weighted by molar-refractivity contribution is 7.88. The van der Waals surface area contributed by atoms with Crippen LogP contribution in [-0.2, 0) is 28.6 Å². The maximum atomic E-state index is 13.0. The van der Waals surface area contributed by atoms with Crippen LogP contribution in [0.15, 0.2) is 65.2 Å². The molecule has 0 saturated carbocycles. The average molecular weight is 428 g/mol. The lowest BCUT2D eigenvalue weighted by Crippen LogP contribution is -2.33. The number of β-amino-alcohol motifs (C(OH)–C–C–N with tert-alkyl or cyclic N) is 1. The van der Waals surface area contributed by atoms with Crippen LogP contribution in [-0.4, -0.2) is 40.6 Å². The average Bonchev–Trinajstić information content (AvgIpc) is 3.36. The Morgan fingerprint density at radius 1 is 1.00 bits per heavy atom. The quantitative estimate of drug-likeness (QED) is 0.594. The summed E-state index contributed by atoms with van der Waals surface area (Å²) >= 11 is 0. The topological polar surface area (TPSA) is 96.5 Å². The Morgan fingerprint density at radius 2 is 1.67 bits per heavy atom. The van der Waals surface area contributed by atoms with Crippen molar-refractivity contribution in [2.75, 3.05) is 6.54 Å². The molecule has 0 spiro atoms. The molecule has 7 nitrogen and oxygen atoms in total. The van der Waals surface area contributed by atoms with Crippen LogP contribution in [0.5, 0.6) is 0 Å². The minimum absolute atomic E-state index is 0.0333. The van der Waals surface area contributed by atoms with Gasteiger partial charge in [0.2, 0.25) is 15.9 Å². The second-order valence-electron chi connectivity index (χ2n) is 7.60. The van der Waals surface area contributed by atoms with Gasteiger partial charge in [0, 0.05) is 19.4 Å². The third-order valence-electron chi connectivity index (χ3n) is 5.26. The third kappa shape index (κ3) is 4.95. The Bertz CT molecular complexity index is 1050. The SMILES string of the molecule is O=S(=O)(Cc1ccccc1)N1C[C@H](O)C[C@H]1c1nc(CCCc2ccccc2)no1. The van der Waals surface area contributed by atoms with E-state index in [1.165, 1.54) is 9.87 Å². The van der Waals surface area contributed by atoms with Crippen molar-refractivity contribution in [2.45, 2.75) is 43.6 Å². The van der Waals surface area contributed by atoms with Crippen molar-refractivity contribution >= 4 is 10.0 Å². The molecule has 0 aliphatic carbocycles. The standard InChI is InChI=1S/C22H25N3O4S/c26-19-14-20(25(15-19)30(27,28)16-18-10-5-2-6-11-18)22-23-21(24-29-22)13-7-12-17-8-3-1-4-9-17/h1-6,8-11,19-20,26H,7,12-16H2/t19-,20+/m1/s1. The third-order valence-corrected chi connectivity index (χ3v) is 7.08. The second-order valence-corrected chi connectivity index (χ2v) is 9.53. The van der Waals surface area contributed by atoms with E-state index in [1.54, 1.807) is 24.3 Å². The first-order valence-corrected chi connectivity index (χ1v) is 11.7. The maximum absolute atomic E-state index is 13.0. The largest absolute Gasteiger partial charge is 0.392 e. The molecule has 158 valence electrons. The molecule has 2 atom stereocenters. The van der Waals surface area contributed by atoms with E-state index in [1.807, 2.05) is 24.3 Å². The van der Waals surface area contributed by atoms with Crippen molar-refractivity contribution in [3.63, 3.8) is 0 Å². The van der Waals surface area contributed by atoms with E-state index < -0.39 is 22.2 Å². The van der Waals surface area contributed by atoms with Crippen LogP contribution in [0.25, 0.3) is 0 Å². The number of aliphatic hydroxyl groups is 1. The number of nitrogens with zero attached hydrogens (tertiary/aromatic N) is 3. The number of aromatic nitrogens is 2. The fourth-order valence-electron chi connectivity index (χ4n) is 3.78. The molecule has 1 saturated heterocycles. The van der Waals surface area contributed by atoms with Crippen LogP contribution in [0.2, 0.25) is 0 Å². The van der Waals surface area contributed by atoms with E-state index in [0.717, 1.165) is 12.8 Å². The molecule has 2 aromatic carbocycles. The van der Waals surface area contributed by atoms with Gasteiger partial charge in [-0.15, -0.1) is 0 Å². The van der Waals surface area contributed by atoms with E-state index in [4.69, 9.17) is 4.52 Å². The summed E-state index contributed by atoms with van der Waals surface area (Å²) in [5, 5.41) is 14.2. The Labute approximate surface area is 176 Å². The normalized spacial score (nSPS) is 19.9. The van der Waals surface area contributed by atoms with Crippen molar-refractivity contribution in [3.05, 3.63) is 83.5 Å². The van der Waals surface area contributed by atoms with Gasteiger partial charge in [-0.25, -0.2) is 8.42 Å². The molecule has 1 aliphatic rings. The summed E-state index contributed by atoms with van der Waals surface area (Å²) in [6.07, 6.45) is 1.91. The van der Waals surface area contributed by atoms with Crippen LogP contribution in [0.4, 0.5) is 0 Å². The lowest BCUT2D eigenvalue weighted by molar-refractivity contribution is 0.188. The molecule has 3 aromatic rings. The van der Waals surface area contributed by atoms with Gasteiger partial charge in [-0.1, -0.05) is 65.8 Å². The van der Waals surface area contributed by atoms with Gasteiger partial charge in [0.1, 0.15) is 6.04 Å². The zero-order chi connectivity index (χ0) is 21.0. The van der Waals surface area contributed by atoms with Gasteiger partial charge >= 0.3 is 0 Å². The van der Waals surface area contributed by atoms with Crippen LogP contribution >= 0.6 is 0 Å². The van der Waals surface area contributed by atoms with E-state index in [-0.39, 0.29) is 24.6 Å². The number of sulfonamides is 1. The highest BCUT2D eigenvalue weighted by Gasteiger charge is 2.42. The Morgan fingerprint density at radius 3 is 2.37 bits per heavy atom. The van der Waals surface area contributed by atoms with Gasteiger partial charge in [0.15, 0.2) is 5.82 Å². The van der Waals surface area contributed by atoms with Gasteiger partial charge in [-0.3, -0.25) is 0 Å². The minimum Gasteiger partial charge on any atom is -0.392 e. The summed E-state index contributed by atoms with van der Waals surface area (Å²) in [6, 6.07) is 18.5. The summed E-state index contributed by atoms with van der Waals surface area (Å²) in [6.45, 7) is 0.0333. The molecular formula is C22H25N3O4S. The molecule has 1 fully saturated rings. The van der Waals surface area contributed by atoms with Gasteiger partial charge in [0.25, 0.3) is 0 Å². The summed E-state index contributed by atoms with van der Waals surface area (Å²) in [7, 11) is -3.64. The smallest absolute Gasteiger partial charge is 0.245 e. The van der Waals surface area contributed by atoms with Crippen LogP contribution in [0.1, 0.15) is 41.7 Å². The molecule has 0 bridgehead atoms. The van der Waals surface area contributed by atoms with Gasteiger partial charge < -0.3 is 9.63 Å². The van der Waals surface area contributed by atoms with E-state index in [9.17, 15) is 13.5 Å². The fraction of sp³-hybridized carbons (Fsp3) is 0.364. The van der Waals surface area contributed by atoms with E-state index in [2.05, 4.69) is 22.3 Å². The molecule has 8 heteroatoms. The number of aliphatic hydroxyl groups excluding tert-OH is 1. The van der Waals surface area contributed by atoms with Crippen LogP contribution in [0, 0.1) is 0 Å². The van der Waals surface area contributed by atoms with Gasteiger partial charge in [-0.2, -0.15) is 9.29 Å². The molecule has 1 aromatic heterocycles. The van der Waals surface area contributed by atoms with E-state index in [0.29, 0.717) is 17.8 Å². The maximum Gasteiger partial charge on any atom is 0.245 e. The summed E-state index contributed by atoms with van der Waals surface area (Å²) in [4.78, 5) is 4.43. The second kappa shape index (κ2) is 9.07. The monoisotopic (exact) mass is 427 g/mol. The molecule has 1 N–H and O–H groups in total. The molecule has 30 heavy (non-hydrogen) atoms. The first kappa shape index (κ1) is 20.7. The number of hydrogen-bond acceptors (Lipinski definition) is 6. The lowest BCUT2D eigenvalue weighted by atomic mass is 10.1. The summed E-state index contributed by atoms with van der Waals surface area (Å²) in [5.41, 5.74) is 1.95. The van der Waals surface area contributed by atoms with Crippen molar-refractivity contribution in [1.29, 1.82) is 0 Å². The molecule has 2 heterocycles. The minimum atomic E-state index is -3.64. The molecular weight excluding hydrogens is 402 g/mol. The van der Waals surface area contributed by atoms with Crippen LogP contribution in [0.3, 0.4) is 0 Å². The van der Waals surface area contributed by atoms with Gasteiger partial charge in [-0.05, 0) is 24.0 Å². The van der Waals surface area contributed by atoms with Gasteiger partial charge in [0.05, 0.1) is 11.9 Å². The van der Waals surface area contributed by atoms with Crippen molar-refractivity contribution in [2.24, 2.45) is 0 Å². The first-order chi connectivity index (χ1) is 14.5. The summed E-state index contributed by atoms with van der Waals surface area (Å²) in [5.74, 6) is 0.676. The lowest BCUT2D eigenvalue weighted by Gasteiger charge is -2.21. The molecule has 1 aliphatic heterocycles. The van der Waals surface area contributed by atoms with Crippen LogP contribution < -0.4 is 0 Å². The predicted octanol–water partition coefficient (Wildman–Crippen LogP) is 2.88. The highest BCUT2D eigenvalue weighted by atomic mass is 32.2. The van der Waals surface area contributed by atoms with Crippen molar-refractivity contribution < 1.29 is 18.0 Å².